The van der Waals surface area contributed by atoms with Gasteiger partial charge in [-0.3, -0.25) is 4.79 Å². The van der Waals surface area contributed by atoms with E-state index in [1.54, 1.807) is 7.11 Å². The summed E-state index contributed by atoms with van der Waals surface area (Å²) in [6, 6.07) is 20.1. The van der Waals surface area contributed by atoms with E-state index in [9.17, 15) is 4.79 Å². The quantitative estimate of drug-likeness (QED) is 0.158. The predicted octanol–water partition coefficient (Wildman–Crippen LogP) is 3.91. The Hall–Kier alpha value is -3.72. The average Bonchev–Trinajstić information content (AvgIpc) is 2.92. The van der Waals surface area contributed by atoms with Gasteiger partial charge in [0, 0.05) is 42.6 Å². The van der Waals surface area contributed by atoms with Crippen LogP contribution < -0.4 is 26.4 Å². The number of nitrogens with zero attached hydrogens (tertiary/aromatic N) is 2. The van der Waals surface area contributed by atoms with Crippen molar-refractivity contribution in [3.05, 3.63) is 71.8 Å². The SMILES string of the molecule is COc1cccc2c(Nc3ccc(CCCNCCN)cc3)c3cccc(C(=O)NCCN(C)C)c3nc12. The van der Waals surface area contributed by atoms with Gasteiger partial charge in [0.25, 0.3) is 5.91 Å². The van der Waals surface area contributed by atoms with Crippen molar-refractivity contribution in [2.75, 3.05) is 59.2 Å². The number of para-hydroxylation sites is 2. The first kappa shape index (κ1) is 27.3. The monoisotopic (exact) mass is 514 g/mol. The van der Waals surface area contributed by atoms with E-state index in [2.05, 4.69) is 40.2 Å². The molecule has 0 bridgehead atoms. The van der Waals surface area contributed by atoms with Gasteiger partial charge in [-0.15, -0.1) is 0 Å². The first-order valence-electron chi connectivity index (χ1n) is 13.1. The van der Waals surface area contributed by atoms with Gasteiger partial charge in [0.05, 0.1) is 23.9 Å². The summed E-state index contributed by atoms with van der Waals surface area (Å²) < 4.78 is 5.64. The third kappa shape index (κ3) is 6.58. The van der Waals surface area contributed by atoms with Gasteiger partial charge < -0.3 is 31.3 Å². The number of methoxy groups -OCH3 is 1. The van der Waals surface area contributed by atoms with E-state index < -0.39 is 0 Å². The highest BCUT2D eigenvalue weighted by Crippen LogP contribution is 2.37. The van der Waals surface area contributed by atoms with Crippen LogP contribution in [0.3, 0.4) is 0 Å². The van der Waals surface area contributed by atoms with E-state index >= 15 is 0 Å². The first-order valence-corrected chi connectivity index (χ1v) is 13.1. The lowest BCUT2D eigenvalue weighted by atomic mass is 10.0. The van der Waals surface area contributed by atoms with Crippen molar-refractivity contribution in [2.24, 2.45) is 5.73 Å². The number of hydrogen-bond donors (Lipinski definition) is 4. The number of nitrogens with two attached hydrogens (primary N) is 1. The average molecular weight is 515 g/mol. The van der Waals surface area contributed by atoms with Gasteiger partial charge in [-0.25, -0.2) is 4.98 Å². The number of aromatic nitrogens is 1. The molecule has 38 heavy (non-hydrogen) atoms. The highest BCUT2D eigenvalue weighted by atomic mass is 16.5. The molecule has 1 aromatic heterocycles. The largest absolute Gasteiger partial charge is 0.494 e. The van der Waals surface area contributed by atoms with E-state index in [-0.39, 0.29) is 5.91 Å². The van der Waals surface area contributed by atoms with Crippen LogP contribution in [0.5, 0.6) is 5.75 Å². The molecule has 4 aromatic rings. The van der Waals surface area contributed by atoms with Crippen LogP contribution in [0.4, 0.5) is 11.4 Å². The highest BCUT2D eigenvalue weighted by Gasteiger charge is 2.18. The molecule has 0 radical (unpaired) electrons. The third-order valence-electron chi connectivity index (χ3n) is 6.47. The molecule has 0 saturated heterocycles. The first-order chi connectivity index (χ1) is 18.5. The minimum absolute atomic E-state index is 0.143. The van der Waals surface area contributed by atoms with E-state index in [0.29, 0.717) is 35.4 Å². The number of amides is 1. The Kier molecular flexibility index (Phi) is 9.48. The zero-order valence-corrected chi connectivity index (χ0v) is 22.5. The molecule has 3 aromatic carbocycles. The second kappa shape index (κ2) is 13.2. The predicted molar refractivity (Wildman–Crippen MR) is 157 cm³/mol. The summed E-state index contributed by atoms with van der Waals surface area (Å²) >= 11 is 0. The van der Waals surface area contributed by atoms with Crippen molar-refractivity contribution in [3.63, 3.8) is 0 Å². The molecule has 0 atom stereocenters. The van der Waals surface area contributed by atoms with Gasteiger partial charge >= 0.3 is 0 Å². The molecule has 4 rings (SSSR count). The Morgan fingerprint density at radius 2 is 1.68 bits per heavy atom. The van der Waals surface area contributed by atoms with E-state index in [0.717, 1.165) is 54.6 Å². The van der Waals surface area contributed by atoms with Crippen LogP contribution in [0.2, 0.25) is 0 Å². The highest BCUT2D eigenvalue weighted by molar-refractivity contribution is 6.15. The number of carbonyl (C=O) groups excluding carboxylic acids is 1. The minimum Gasteiger partial charge on any atom is -0.494 e. The maximum atomic E-state index is 13.2. The molecule has 0 aliphatic heterocycles. The number of carbonyl (C=O) groups is 1. The number of hydrogen-bond acceptors (Lipinski definition) is 7. The molecule has 5 N–H and O–H groups in total. The number of anilines is 2. The van der Waals surface area contributed by atoms with Crippen molar-refractivity contribution in [2.45, 2.75) is 12.8 Å². The molecule has 0 unspecified atom stereocenters. The smallest absolute Gasteiger partial charge is 0.253 e. The molecular formula is C30H38N6O2. The van der Waals surface area contributed by atoms with Gasteiger partial charge in [-0.1, -0.05) is 36.4 Å². The molecule has 8 heteroatoms. The summed E-state index contributed by atoms with van der Waals surface area (Å²) in [7, 11) is 5.60. The number of aryl methyl sites for hydroxylation is 1. The summed E-state index contributed by atoms with van der Waals surface area (Å²) in [5.74, 6) is 0.518. The number of rotatable bonds is 13. The van der Waals surface area contributed by atoms with E-state index in [4.69, 9.17) is 15.5 Å². The fraction of sp³-hybridized carbons (Fsp3) is 0.333. The van der Waals surface area contributed by atoms with Crippen LogP contribution in [0.25, 0.3) is 21.8 Å². The Morgan fingerprint density at radius 1 is 0.947 bits per heavy atom. The number of fused-ring (bicyclic) bond motifs is 2. The fourth-order valence-corrected chi connectivity index (χ4v) is 4.48. The lowest BCUT2D eigenvalue weighted by molar-refractivity contribution is 0.0952. The Balaban J connectivity index is 1.68. The van der Waals surface area contributed by atoms with Crippen molar-refractivity contribution in [1.29, 1.82) is 0 Å². The van der Waals surface area contributed by atoms with Gasteiger partial charge in [-0.05, 0) is 63.3 Å². The summed E-state index contributed by atoms with van der Waals surface area (Å²) in [6.45, 7) is 3.78. The molecular weight excluding hydrogens is 476 g/mol. The van der Waals surface area contributed by atoms with Crippen molar-refractivity contribution < 1.29 is 9.53 Å². The molecule has 0 aliphatic rings. The van der Waals surface area contributed by atoms with Gasteiger partial charge in [0.2, 0.25) is 0 Å². The second-order valence-electron chi connectivity index (χ2n) is 9.57. The van der Waals surface area contributed by atoms with Crippen LogP contribution in [-0.4, -0.2) is 69.7 Å². The molecule has 0 spiro atoms. The lowest BCUT2D eigenvalue weighted by Gasteiger charge is -2.17. The maximum Gasteiger partial charge on any atom is 0.253 e. The van der Waals surface area contributed by atoms with Crippen LogP contribution in [-0.2, 0) is 6.42 Å². The molecule has 0 saturated carbocycles. The summed E-state index contributed by atoms with van der Waals surface area (Å²) in [6.07, 6.45) is 2.06. The maximum absolute atomic E-state index is 13.2. The second-order valence-corrected chi connectivity index (χ2v) is 9.57. The van der Waals surface area contributed by atoms with Crippen molar-refractivity contribution in [3.8, 4) is 5.75 Å². The summed E-state index contributed by atoms with van der Waals surface area (Å²) in [5, 5.41) is 11.8. The van der Waals surface area contributed by atoms with E-state index in [1.165, 1.54) is 5.56 Å². The number of likely N-dealkylation sites (N-methyl/N-ethyl adjacent to an activating group) is 1. The Bertz CT molecular complexity index is 1370. The fourth-order valence-electron chi connectivity index (χ4n) is 4.48. The van der Waals surface area contributed by atoms with Gasteiger partial charge in [0.1, 0.15) is 11.3 Å². The lowest BCUT2D eigenvalue weighted by Crippen LogP contribution is -2.31. The molecule has 0 aliphatic carbocycles. The third-order valence-corrected chi connectivity index (χ3v) is 6.47. The molecule has 1 amide bonds. The van der Waals surface area contributed by atoms with Gasteiger partial charge in [0.15, 0.2) is 0 Å². The number of ether oxygens (including phenoxy) is 1. The Morgan fingerprint density at radius 3 is 2.39 bits per heavy atom. The zero-order chi connectivity index (χ0) is 26.9. The molecule has 1 heterocycles. The minimum atomic E-state index is -0.143. The van der Waals surface area contributed by atoms with Crippen LogP contribution in [0, 0.1) is 0 Å². The van der Waals surface area contributed by atoms with E-state index in [1.807, 2.05) is 55.4 Å². The zero-order valence-electron chi connectivity index (χ0n) is 22.5. The van der Waals surface area contributed by atoms with Crippen LogP contribution >= 0.6 is 0 Å². The standard InChI is InChI=1S/C30H38N6O2/c1-36(2)20-19-33-30(37)25-10-4-8-23-27(24-9-5-11-26(38-3)29(24)35-28(23)25)34-22-14-12-21(13-15-22)7-6-17-32-18-16-31/h4-5,8-15,32H,6-7,16-20,31H2,1-3H3,(H,33,37)(H,34,35). The van der Waals surface area contributed by atoms with Crippen molar-refractivity contribution in [1.82, 2.24) is 20.5 Å². The Labute approximate surface area is 224 Å². The molecule has 8 nitrogen and oxygen atoms in total. The van der Waals surface area contributed by atoms with Crippen molar-refractivity contribution >= 4 is 39.1 Å². The molecule has 200 valence electrons. The summed E-state index contributed by atoms with van der Waals surface area (Å²) in [5.41, 5.74) is 10.6. The number of benzene rings is 3. The molecule has 0 fully saturated rings. The number of pyridine rings is 1. The normalized spacial score (nSPS) is 11.3. The topological polar surface area (TPSA) is 105 Å². The summed E-state index contributed by atoms with van der Waals surface area (Å²) in [4.78, 5) is 20.1. The van der Waals surface area contributed by atoms with Crippen LogP contribution in [0.1, 0.15) is 22.3 Å². The number of nitrogens with one attached hydrogen (secondary N) is 3. The van der Waals surface area contributed by atoms with Crippen LogP contribution in [0.15, 0.2) is 60.7 Å². The van der Waals surface area contributed by atoms with Gasteiger partial charge in [-0.2, -0.15) is 0 Å².